The number of benzene rings is 2. The number of anilines is 1. The zero-order valence-corrected chi connectivity index (χ0v) is 16.5. The number of rotatable bonds is 6. The largest absolute Gasteiger partial charge is 0.486 e. The number of ether oxygens (including phenoxy) is 1. The molecule has 0 bridgehead atoms. The predicted octanol–water partition coefficient (Wildman–Crippen LogP) is 2.91. The van der Waals surface area contributed by atoms with Crippen LogP contribution in [0.3, 0.4) is 0 Å². The van der Waals surface area contributed by atoms with Crippen molar-refractivity contribution in [1.29, 1.82) is 0 Å². The molecule has 1 aromatic heterocycles. The van der Waals surface area contributed by atoms with Crippen molar-refractivity contribution in [1.82, 2.24) is 14.9 Å². The Labute approximate surface area is 171 Å². The first-order valence-electron chi connectivity index (χ1n) is 8.70. The quantitative estimate of drug-likeness (QED) is 0.492. The Morgan fingerprint density at radius 3 is 2.79 bits per heavy atom. The van der Waals surface area contributed by atoms with E-state index in [2.05, 4.69) is 16.3 Å². The van der Waals surface area contributed by atoms with E-state index < -0.39 is 0 Å². The monoisotopic (exact) mass is 415 g/mol. The summed E-state index contributed by atoms with van der Waals surface area (Å²) in [6.07, 6.45) is 0.881. The minimum atomic E-state index is 0.0249. The summed E-state index contributed by atoms with van der Waals surface area (Å²) in [5.41, 5.74) is 2.18. The zero-order valence-electron chi connectivity index (χ0n) is 14.9. The summed E-state index contributed by atoms with van der Waals surface area (Å²) < 4.78 is 6.99. The van der Waals surface area contributed by atoms with Gasteiger partial charge in [-0.2, -0.15) is 0 Å². The minimum Gasteiger partial charge on any atom is -0.486 e. The van der Waals surface area contributed by atoms with Gasteiger partial charge < -0.3 is 15.5 Å². The topological polar surface area (TPSA) is 86.3 Å². The first-order valence-corrected chi connectivity index (χ1v) is 10.1. The minimum absolute atomic E-state index is 0.0249. The number of carbonyl (C=O) groups is 1. The van der Waals surface area contributed by atoms with Crippen LogP contribution in [0.4, 0.5) is 5.69 Å². The van der Waals surface area contributed by atoms with Crippen LogP contribution >= 0.6 is 23.4 Å². The number of amides is 1. The van der Waals surface area contributed by atoms with Crippen LogP contribution in [0.2, 0.25) is 5.02 Å². The number of hydrogen-bond acceptors (Lipinski definition) is 6. The SMILES string of the molecule is Nn1c(COc2ccc(Cl)cc2)nnc1SCC(=O)N1CCc2ccccc21. The number of para-hydroxylation sites is 1. The first kappa shape index (κ1) is 18.6. The molecule has 144 valence electrons. The molecule has 2 aromatic carbocycles. The van der Waals surface area contributed by atoms with Crippen LogP contribution < -0.4 is 15.5 Å². The van der Waals surface area contributed by atoms with Gasteiger partial charge in [0.05, 0.1) is 5.75 Å². The van der Waals surface area contributed by atoms with Crippen LogP contribution in [0.15, 0.2) is 53.7 Å². The second-order valence-electron chi connectivity index (χ2n) is 6.22. The second-order valence-corrected chi connectivity index (χ2v) is 7.60. The first-order chi connectivity index (χ1) is 13.6. The second kappa shape index (κ2) is 8.12. The number of hydrogen-bond donors (Lipinski definition) is 1. The van der Waals surface area contributed by atoms with E-state index in [0.717, 1.165) is 12.1 Å². The molecule has 0 unspecified atom stereocenters. The summed E-state index contributed by atoms with van der Waals surface area (Å²) in [6, 6.07) is 15.0. The number of nitrogen functional groups attached to an aromatic ring is 1. The van der Waals surface area contributed by atoms with Gasteiger partial charge in [-0.25, -0.2) is 4.68 Å². The van der Waals surface area contributed by atoms with Crippen LogP contribution in [0, 0.1) is 0 Å². The molecule has 0 saturated carbocycles. The number of halogens is 1. The van der Waals surface area contributed by atoms with E-state index in [1.165, 1.54) is 22.0 Å². The van der Waals surface area contributed by atoms with Crippen molar-refractivity contribution in [2.45, 2.75) is 18.2 Å². The highest BCUT2D eigenvalue weighted by molar-refractivity contribution is 7.99. The Balaban J connectivity index is 1.34. The van der Waals surface area contributed by atoms with Gasteiger partial charge >= 0.3 is 0 Å². The molecule has 1 amide bonds. The Hall–Kier alpha value is -2.71. The fourth-order valence-corrected chi connectivity index (χ4v) is 3.86. The van der Waals surface area contributed by atoms with Gasteiger partial charge in [0.2, 0.25) is 11.1 Å². The highest BCUT2D eigenvalue weighted by Crippen LogP contribution is 2.28. The molecule has 4 rings (SSSR count). The van der Waals surface area contributed by atoms with Crippen molar-refractivity contribution in [3.05, 3.63) is 64.9 Å². The molecular formula is C19H18ClN5O2S. The van der Waals surface area contributed by atoms with Crippen LogP contribution in [-0.2, 0) is 17.8 Å². The zero-order chi connectivity index (χ0) is 19.5. The Morgan fingerprint density at radius 1 is 1.18 bits per heavy atom. The van der Waals surface area contributed by atoms with Crippen molar-refractivity contribution in [2.24, 2.45) is 0 Å². The van der Waals surface area contributed by atoms with Crippen LogP contribution in [0.5, 0.6) is 5.75 Å². The molecule has 0 spiro atoms. The highest BCUT2D eigenvalue weighted by atomic mass is 35.5. The molecule has 0 radical (unpaired) electrons. The summed E-state index contributed by atoms with van der Waals surface area (Å²) in [5.74, 6) is 7.44. The Bertz CT molecular complexity index is 992. The van der Waals surface area contributed by atoms with Crippen molar-refractivity contribution in [3.8, 4) is 5.75 Å². The van der Waals surface area contributed by atoms with Crippen LogP contribution in [0.25, 0.3) is 0 Å². The van der Waals surface area contributed by atoms with E-state index >= 15 is 0 Å². The Kier molecular flexibility index (Phi) is 5.40. The van der Waals surface area contributed by atoms with Gasteiger partial charge in [-0.3, -0.25) is 4.79 Å². The molecule has 0 atom stereocenters. The lowest BCUT2D eigenvalue weighted by Gasteiger charge is -2.16. The van der Waals surface area contributed by atoms with Crippen molar-refractivity contribution in [3.63, 3.8) is 0 Å². The molecule has 2 heterocycles. The van der Waals surface area contributed by atoms with E-state index in [4.69, 9.17) is 22.2 Å². The van der Waals surface area contributed by atoms with Gasteiger partial charge in [-0.1, -0.05) is 41.6 Å². The molecule has 1 aliphatic rings. The molecule has 9 heteroatoms. The van der Waals surface area contributed by atoms with E-state index in [9.17, 15) is 4.79 Å². The van der Waals surface area contributed by atoms with Gasteiger partial charge in [0.1, 0.15) is 12.4 Å². The summed E-state index contributed by atoms with van der Waals surface area (Å²) in [4.78, 5) is 14.4. The standard InChI is InChI=1S/C19H18ClN5O2S/c20-14-5-7-15(8-6-14)27-11-17-22-23-19(25(17)21)28-12-18(26)24-10-9-13-3-1-2-4-16(13)24/h1-8H,9-12,21H2. The lowest BCUT2D eigenvalue weighted by Crippen LogP contribution is -2.30. The van der Waals surface area contributed by atoms with Gasteiger partial charge in [0.15, 0.2) is 5.82 Å². The molecule has 0 fully saturated rings. The molecule has 1 aliphatic heterocycles. The molecule has 7 nitrogen and oxygen atoms in total. The normalized spacial score (nSPS) is 12.8. The van der Waals surface area contributed by atoms with E-state index in [0.29, 0.717) is 28.3 Å². The maximum absolute atomic E-state index is 12.6. The smallest absolute Gasteiger partial charge is 0.237 e. The average molecular weight is 416 g/mol. The van der Waals surface area contributed by atoms with Gasteiger partial charge in [-0.05, 0) is 42.3 Å². The molecule has 28 heavy (non-hydrogen) atoms. The van der Waals surface area contributed by atoms with Crippen molar-refractivity contribution in [2.75, 3.05) is 23.0 Å². The summed E-state index contributed by atoms with van der Waals surface area (Å²) >= 11 is 7.12. The number of thioether (sulfide) groups is 1. The average Bonchev–Trinajstić information content (AvgIpc) is 3.29. The lowest BCUT2D eigenvalue weighted by molar-refractivity contribution is -0.116. The fraction of sp³-hybridized carbons (Fsp3) is 0.211. The number of nitrogens with zero attached hydrogens (tertiary/aromatic N) is 4. The molecule has 0 aliphatic carbocycles. The van der Waals surface area contributed by atoms with Gasteiger partial charge in [0.25, 0.3) is 0 Å². The van der Waals surface area contributed by atoms with E-state index in [-0.39, 0.29) is 18.3 Å². The number of fused-ring (bicyclic) bond motifs is 1. The molecule has 3 aromatic rings. The summed E-state index contributed by atoms with van der Waals surface area (Å²) in [5, 5.41) is 9.22. The van der Waals surface area contributed by atoms with E-state index in [1.54, 1.807) is 24.3 Å². The van der Waals surface area contributed by atoms with Crippen molar-refractivity contribution < 1.29 is 9.53 Å². The highest BCUT2D eigenvalue weighted by Gasteiger charge is 2.24. The fourth-order valence-electron chi connectivity index (χ4n) is 2.98. The summed E-state index contributed by atoms with van der Waals surface area (Å²) in [6.45, 7) is 0.868. The molecule has 2 N–H and O–H groups in total. The third kappa shape index (κ3) is 3.93. The maximum atomic E-state index is 12.6. The van der Waals surface area contributed by atoms with Crippen LogP contribution in [-0.4, -0.2) is 33.1 Å². The Morgan fingerprint density at radius 2 is 1.96 bits per heavy atom. The van der Waals surface area contributed by atoms with Crippen LogP contribution in [0.1, 0.15) is 11.4 Å². The summed E-state index contributed by atoms with van der Waals surface area (Å²) in [7, 11) is 0. The van der Waals surface area contributed by atoms with Gasteiger partial charge in [0, 0.05) is 17.3 Å². The third-order valence-electron chi connectivity index (χ3n) is 4.43. The maximum Gasteiger partial charge on any atom is 0.237 e. The van der Waals surface area contributed by atoms with Crippen molar-refractivity contribution >= 4 is 35.0 Å². The third-order valence-corrected chi connectivity index (χ3v) is 5.61. The number of aromatic nitrogens is 3. The van der Waals surface area contributed by atoms with E-state index in [1.807, 2.05) is 23.1 Å². The predicted molar refractivity (Wildman–Crippen MR) is 109 cm³/mol. The lowest BCUT2D eigenvalue weighted by atomic mass is 10.2. The van der Waals surface area contributed by atoms with Gasteiger partial charge in [-0.15, -0.1) is 10.2 Å². The molecule has 0 saturated heterocycles. The molecular weight excluding hydrogens is 398 g/mol. The number of carbonyl (C=O) groups excluding carboxylic acids is 1. The number of nitrogens with two attached hydrogens (primary N) is 1.